The summed E-state index contributed by atoms with van der Waals surface area (Å²) in [5.41, 5.74) is 3.33. The number of imidazole rings is 1. The molecular weight excluding hydrogens is 176 g/mol. The summed E-state index contributed by atoms with van der Waals surface area (Å²) in [6.45, 7) is 4.20. The molecule has 0 atom stereocenters. The Balaban J connectivity index is 2.68. The standard InChI is InChI=1S/C11H14N2O/c1-4-10-8(2)13-7-9(14-3)5-6-11(13)12-10/h5-7H,4H2,1-3H3. The van der Waals surface area contributed by atoms with Gasteiger partial charge in [0.05, 0.1) is 19.0 Å². The molecule has 0 aliphatic carbocycles. The van der Waals surface area contributed by atoms with E-state index in [1.165, 1.54) is 5.69 Å². The second kappa shape index (κ2) is 3.33. The monoisotopic (exact) mass is 190 g/mol. The van der Waals surface area contributed by atoms with E-state index in [1.54, 1.807) is 7.11 Å². The third kappa shape index (κ3) is 1.25. The predicted molar refractivity (Wildman–Crippen MR) is 55.9 cm³/mol. The first-order valence-corrected chi connectivity index (χ1v) is 4.78. The van der Waals surface area contributed by atoms with E-state index in [-0.39, 0.29) is 0 Å². The van der Waals surface area contributed by atoms with Crippen molar-refractivity contribution >= 4 is 5.65 Å². The molecule has 0 aliphatic heterocycles. The van der Waals surface area contributed by atoms with Gasteiger partial charge in [0, 0.05) is 5.69 Å². The number of methoxy groups -OCH3 is 1. The van der Waals surface area contributed by atoms with Crippen molar-refractivity contribution < 1.29 is 4.74 Å². The number of nitrogens with zero attached hydrogens (tertiary/aromatic N) is 2. The van der Waals surface area contributed by atoms with Crippen molar-refractivity contribution in [1.29, 1.82) is 0 Å². The lowest BCUT2D eigenvalue weighted by molar-refractivity contribution is 0.412. The molecular formula is C11H14N2O. The van der Waals surface area contributed by atoms with Gasteiger partial charge in [-0.2, -0.15) is 0 Å². The molecule has 14 heavy (non-hydrogen) atoms. The van der Waals surface area contributed by atoms with Crippen LogP contribution >= 0.6 is 0 Å². The second-order valence-corrected chi connectivity index (χ2v) is 3.29. The average Bonchev–Trinajstić information content (AvgIpc) is 2.55. The van der Waals surface area contributed by atoms with Crippen molar-refractivity contribution in [2.24, 2.45) is 0 Å². The van der Waals surface area contributed by atoms with E-state index in [0.29, 0.717) is 0 Å². The molecule has 2 aromatic heterocycles. The third-order valence-corrected chi connectivity index (χ3v) is 2.50. The zero-order valence-corrected chi connectivity index (χ0v) is 8.74. The van der Waals surface area contributed by atoms with Gasteiger partial charge >= 0.3 is 0 Å². The summed E-state index contributed by atoms with van der Waals surface area (Å²) in [6.07, 6.45) is 2.94. The van der Waals surface area contributed by atoms with Crippen LogP contribution in [0, 0.1) is 6.92 Å². The van der Waals surface area contributed by atoms with Crippen molar-refractivity contribution in [3.8, 4) is 5.75 Å². The normalized spacial score (nSPS) is 10.8. The van der Waals surface area contributed by atoms with Crippen LogP contribution < -0.4 is 4.74 Å². The Morgan fingerprint density at radius 3 is 2.86 bits per heavy atom. The Bertz CT molecular complexity index is 460. The minimum atomic E-state index is 0.862. The van der Waals surface area contributed by atoms with Crippen molar-refractivity contribution in [3.05, 3.63) is 29.7 Å². The minimum absolute atomic E-state index is 0.862. The zero-order valence-electron chi connectivity index (χ0n) is 8.74. The number of hydrogen-bond acceptors (Lipinski definition) is 2. The van der Waals surface area contributed by atoms with Gasteiger partial charge in [0.15, 0.2) is 0 Å². The molecule has 3 heteroatoms. The van der Waals surface area contributed by atoms with Gasteiger partial charge in [-0.15, -0.1) is 0 Å². The fourth-order valence-corrected chi connectivity index (χ4v) is 1.65. The van der Waals surface area contributed by atoms with Crippen LogP contribution in [0.5, 0.6) is 5.75 Å². The number of fused-ring (bicyclic) bond motifs is 1. The summed E-state index contributed by atoms with van der Waals surface area (Å²) >= 11 is 0. The molecule has 2 rings (SSSR count). The number of ether oxygens (including phenoxy) is 1. The Morgan fingerprint density at radius 1 is 1.43 bits per heavy atom. The summed E-state index contributed by atoms with van der Waals surface area (Å²) in [7, 11) is 1.67. The lowest BCUT2D eigenvalue weighted by Crippen LogP contribution is -1.91. The molecule has 74 valence electrons. The molecule has 0 N–H and O–H groups in total. The molecule has 2 aromatic rings. The average molecular weight is 190 g/mol. The quantitative estimate of drug-likeness (QED) is 0.725. The zero-order chi connectivity index (χ0) is 10.1. The van der Waals surface area contributed by atoms with Crippen LogP contribution in [0.2, 0.25) is 0 Å². The van der Waals surface area contributed by atoms with E-state index in [1.807, 2.05) is 18.3 Å². The van der Waals surface area contributed by atoms with Gasteiger partial charge in [0.25, 0.3) is 0 Å². The van der Waals surface area contributed by atoms with Crippen LogP contribution in [0.3, 0.4) is 0 Å². The molecule has 0 fully saturated rings. The largest absolute Gasteiger partial charge is 0.495 e. The summed E-state index contributed by atoms with van der Waals surface area (Å²) in [5, 5.41) is 0. The summed E-state index contributed by atoms with van der Waals surface area (Å²) in [4.78, 5) is 4.51. The maximum absolute atomic E-state index is 5.17. The second-order valence-electron chi connectivity index (χ2n) is 3.29. The number of rotatable bonds is 2. The first kappa shape index (κ1) is 9.06. The maximum atomic E-state index is 5.17. The van der Waals surface area contributed by atoms with Crippen molar-refractivity contribution in [3.63, 3.8) is 0 Å². The summed E-state index contributed by atoms with van der Waals surface area (Å²) < 4.78 is 7.24. The molecule has 0 aromatic carbocycles. The number of aromatic nitrogens is 2. The van der Waals surface area contributed by atoms with E-state index >= 15 is 0 Å². The third-order valence-electron chi connectivity index (χ3n) is 2.50. The Hall–Kier alpha value is -1.51. The van der Waals surface area contributed by atoms with Crippen molar-refractivity contribution in [2.75, 3.05) is 7.11 Å². The fourth-order valence-electron chi connectivity index (χ4n) is 1.65. The lowest BCUT2D eigenvalue weighted by atomic mass is 10.3. The van der Waals surface area contributed by atoms with E-state index in [0.717, 1.165) is 23.5 Å². The van der Waals surface area contributed by atoms with Crippen LogP contribution in [0.1, 0.15) is 18.3 Å². The molecule has 0 aliphatic rings. The molecule has 0 bridgehead atoms. The molecule has 0 unspecified atom stereocenters. The highest BCUT2D eigenvalue weighted by atomic mass is 16.5. The fraction of sp³-hybridized carbons (Fsp3) is 0.364. The minimum Gasteiger partial charge on any atom is -0.495 e. The van der Waals surface area contributed by atoms with E-state index in [4.69, 9.17) is 4.74 Å². The van der Waals surface area contributed by atoms with Crippen LogP contribution in [-0.2, 0) is 6.42 Å². The molecule has 0 saturated carbocycles. The van der Waals surface area contributed by atoms with Crippen LogP contribution in [0.4, 0.5) is 0 Å². The van der Waals surface area contributed by atoms with E-state index < -0.39 is 0 Å². The van der Waals surface area contributed by atoms with E-state index in [2.05, 4.69) is 23.2 Å². The molecule has 0 amide bonds. The highest BCUT2D eigenvalue weighted by Crippen LogP contribution is 2.17. The van der Waals surface area contributed by atoms with Crippen LogP contribution in [-0.4, -0.2) is 16.5 Å². The summed E-state index contributed by atoms with van der Waals surface area (Å²) in [5.74, 6) is 0.862. The van der Waals surface area contributed by atoms with Gasteiger partial charge in [-0.3, -0.25) is 0 Å². The first-order chi connectivity index (χ1) is 6.76. The van der Waals surface area contributed by atoms with Gasteiger partial charge in [0.2, 0.25) is 0 Å². The summed E-state index contributed by atoms with van der Waals surface area (Å²) in [6, 6.07) is 3.91. The molecule has 0 saturated heterocycles. The van der Waals surface area contributed by atoms with Crippen LogP contribution in [0.25, 0.3) is 5.65 Å². The van der Waals surface area contributed by atoms with Gasteiger partial charge < -0.3 is 9.14 Å². The van der Waals surface area contributed by atoms with E-state index in [9.17, 15) is 0 Å². The van der Waals surface area contributed by atoms with Gasteiger partial charge in [0.1, 0.15) is 11.4 Å². The van der Waals surface area contributed by atoms with Crippen molar-refractivity contribution in [1.82, 2.24) is 9.38 Å². The number of aryl methyl sites for hydroxylation is 2. The Labute approximate surface area is 83.3 Å². The highest BCUT2D eigenvalue weighted by Gasteiger charge is 2.06. The SMILES string of the molecule is CCc1nc2ccc(OC)cn2c1C. The maximum Gasteiger partial charge on any atom is 0.137 e. The molecule has 0 spiro atoms. The Kier molecular flexibility index (Phi) is 2.15. The molecule has 0 radical (unpaired) electrons. The topological polar surface area (TPSA) is 26.5 Å². The molecule has 3 nitrogen and oxygen atoms in total. The van der Waals surface area contributed by atoms with Crippen LogP contribution in [0.15, 0.2) is 18.3 Å². The number of pyridine rings is 1. The first-order valence-electron chi connectivity index (χ1n) is 4.78. The molecule has 2 heterocycles. The smallest absolute Gasteiger partial charge is 0.137 e. The highest BCUT2D eigenvalue weighted by molar-refractivity contribution is 5.45. The van der Waals surface area contributed by atoms with Gasteiger partial charge in [-0.25, -0.2) is 4.98 Å². The lowest BCUT2D eigenvalue weighted by Gasteiger charge is -2.01. The predicted octanol–water partition coefficient (Wildman–Crippen LogP) is 2.21. The van der Waals surface area contributed by atoms with Crippen molar-refractivity contribution in [2.45, 2.75) is 20.3 Å². The van der Waals surface area contributed by atoms with Gasteiger partial charge in [-0.1, -0.05) is 6.92 Å². The number of hydrogen-bond donors (Lipinski definition) is 0. The Morgan fingerprint density at radius 2 is 2.21 bits per heavy atom. The van der Waals surface area contributed by atoms with Gasteiger partial charge in [-0.05, 0) is 25.5 Å².